The first-order chi connectivity index (χ1) is 12.4. The summed E-state index contributed by atoms with van der Waals surface area (Å²) in [5, 5.41) is 6.44. The van der Waals surface area contributed by atoms with Crippen LogP contribution in [0.5, 0.6) is 0 Å². The van der Waals surface area contributed by atoms with E-state index in [1.54, 1.807) is 0 Å². The molecule has 3 rings (SSSR count). The van der Waals surface area contributed by atoms with Crippen LogP contribution in [0, 0.1) is 11.3 Å². The first-order valence-electron chi connectivity index (χ1n) is 10.2. The smallest absolute Gasteiger partial charge is 0.224 e. The number of aromatic amines is 1. The number of amides is 2. The molecule has 0 bridgehead atoms. The van der Waals surface area contributed by atoms with E-state index in [2.05, 4.69) is 29.5 Å². The maximum absolute atomic E-state index is 12.7. The molecule has 0 aliphatic heterocycles. The van der Waals surface area contributed by atoms with Crippen LogP contribution in [0.2, 0.25) is 0 Å². The van der Waals surface area contributed by atoms with Crippen molar-refractivity contribution in [2.75, 3.05) is 0 Å². The van der Waals surface area contributed by atoms with Gasteiger partial charge in [-0.25, -0.2) is 0 Å². The lowest BCUT2D eigenvalue weighted by Crippen LogP contribution is -2.48. The van der Waals surface area contributed by atoms with Crippen molar-refractivity contribution >= 4 is 11.8 Å². The van der Waals surface area contributed by atoms with Crippen LogP contribution >= 0.6 is 0 Å². The standard InChI is InChI=1S/C21H33N3O2/c1-21(2)11-4-3-5-18(21)20(26)24-17-8-6-16(7-9-17)23-19(25)13-15-10-12-22-14-15/h10,12,14,16-18,22H,3-9,11,13H2,1-2H3,(H,23,25)(H,24,26). The van der Waals surface area contributed by atoms with E-state index in [4.69, 9.17) is 0 Å². The third kappa shape index (κ3) is 4.89. The Hall–Kier alpha value is -1.78. The summed E-state index contributed by atoms with van der Waals surface area (Å²) < 4.78 is 0. The lowest BCUT2D eigenvalue weighted by molar-refractivity contribution is -0.131. The Bertz CT molecular complexity index is 601. The summed E-state index contributed by atoms with van der Waals surface area (Å²) in [5.74, 6) is 0.478. The van der Waals surface area contributed by atoms with Crippen molar-refractivity contribution in [2.45, 2.75) is 83.7 Å². The van der Waals surface area contributed by atoms with Crippen LogP contribution in [0.1, 0.15) is 70.8 Å². The van der Waals surface area contributed by atoms with Gasteiger partial charge in [0, 0.05) is 30.4 Å². The molecule has 3 N–H and O–H groups in total. The van der Waals surface area contributed by atoms with Crippen molar-refractivity contribution in [3.05, 3.63) is 24.0 Å². The largest absolute Gasteiger partial charge is 0.367 e. The predicted molar refractivity (Wildman–Crippen MR) is 103 cm³/mol. The van der Waals surface area contributed by atoms with Crippen LogP contribution in [0.4, 0.5) is 0 Å². The number of rotatable bonds is 5. The number of carbonyl (C=O) groups is 2. The highest BCUT2D eigenvalue weighted by Crippen LogP contribution is 2.40. The minimum absolute atomic E-state index is 0.0843. The van der Waals surface area contributed by atoms with Crippen molar-refractivity contribution in [3.8, 4) is 0 Å². The number of H-pyrrole nitrogens is 1. The zero-order valence-corrected chi connectivity index (χ0v) is 16.1. The van der Waals surface area contributed by atoms with Crippen LogP contribution in [0.3, 0.4) is 0 Å². The molecule has 0 spiro atoms. The van der Waals surface area contributed by atoms with Crippen LogP contribution in [-0.2, 0) is 16.0 Å². The van der Waals surface area contributed by atoms with Gasteiger partial charge in [-0.3, -0.25) is 9.59 Å². The second-order valence-electron chi connectivity index (χ2n) is 8.81. The zero-order valence-electron chi connectivity index (χ0n) is 16.1. The molecule has 2 amide bonds. The van der Waals surface area contributed by atoms with Crippen molar-refractivity contribution in [2.24, 2.45) is 11.3 Å². The molecule has 0 radical (unpaired) electrons. The quantitative estimate of drug-likeness (QED) is 0.754. The molecule has 2 saturated carbocycles. The maximum atomic E-state index is 12.7. The van der Waals surface area contributed by atoms with Crippen LogP contribution < -0.4 is 10.6 Å². The molecule has 1 aromatic rings. The first-order valence-corrected chi connectivity index (χ1v) is 10.2. The number of hydrogen-bond donors (Lipinski definition) is 3. The Morgan fingerprint density at radius 3 is 2.38 bits per heavy atom. The number of nitrogens with one attached hydrogen (secondary N) is 3. The van der Waals surface area contributed by atoms with Gasteiger partial charge < -0.3 is 15.6 Å². The highest BCUT2D eigenvalue weighted by molar-refractivity contribution is 5.80. The Labute approximate surface area is 156 Å². The SMILES string of the molecule is CC1(C)CCCCC1C(=O)NC1CCC(NC(=O)Cc2cc[nH]c2)CC1. The summed E-state index contributed by atoms with van der Waals surface area (Å²) in [6.45, 7) is 4.46. The van der Waals surface area contributed by atoms with Gasteiger partial charge in [0.15, 0.2) is 0 Å². The van der Waals surface area contributed by atoms with E-state index in [-0.39, 0.29) is 35.2 Å². The monoisotopic (exact) mass is 359 g/mol. The average Bonchev–Trinajstić information content (AvgIpc) is 3.09. The fourth-order valence-electron chi connectivity index (χ4n) is 4.60. The molecule has 0 saturated heterocycles. The van der Waals surface area contributed by atoms with Crippen molar-refractivity contribution in [3.63, 3.8) is 0 Å². The molecule has 144 valence electrons. The molecule has 5 heteroatoms. The molecule has 0 aromatic carbocycles. The molecule has 5 nitrogen and oxygen atoms in total. The van der Waals surface area contributed by atoms with Gasteiger partial charge in [-0.15, -0.1) is 0 Å². The summed E-state index contributed by atoms with van der Waals surface area (Å²) in [4.78, 5) is 27.8. The minimum atomic E-state index is 0.0843. The van der Waals surface area contributed by atoms with Crippen LogP contribution in [0.15, 0.2) is 18.5 Å². The topological polar surface area (TPSA) is 74.0 Å². The zero-order chi connectivity index (χ0) is 18.6. The molecule has 2 fully saturated rings. The van der Waals surface area contributed by atoms with E-state index < -0.39 is 0 Å². The first kappa shape index (κ1) is 19.0. The summed E-state index contributed by atoms with van der Waals surface area (Å²) in [5.41, 5.74) is 1.13. The van der Waals surface area contributed by atoms with Crippen molar-refractivity contribution in [1.82, 2.24) is 15.6 Å². The molecule has 26 heavy (non-hydrogen) atoms. The molecule has 1 heterocycles. The summed E-state index contributed by atoms with van der Waals surface area (Å²) in [7, 11) is 0. The Kier molecular flexibility index (Phi) is 6.05. The fourth-order valence-corrected chi connectivity index (χ4v) is 4.60. The van der Waals surface area contributed by atoms with Gasteiger partial charge in [0.05, 0.1) is 6.42 Å². The van der Waals surface area contributed by atoms with Gasteiger partial charge in [-0.05, 0) is 55.6 Å². The number of carbonyl (C=O) groups excluding carboxylic acids is 2. The van der Waals surface area contributed by atoms with Crippen molar-refractivity contribution in [1.29, 1.82) is 0 Å². The van der Waals surface area contributed by atoms with E-state index in [9.17, 15) is 9.59 Å². The molecular weight excluding hydrogens is 326 g/mol. The molecule has 2 aliphatic carbocycles. The highest BCUT2D eigenvalue weighted by atomic mass is 16.2. The maximum Gasteiger partial charge on any atom is 0.224 e. The second-order valence-corrected chi connectivity index (χ2v) is 8.81. The summed E-state index contributed by atoms with van der Waals surface area (Å²) in [6, 6.07) is 2.43. The van der Waals surface area contributed by atoms with E-state index in [0.29, 0.717) is 6.42 Å². The number of aromatic nitrogens is 1. The third-order valence-electron chi connectivity index (χ3n) is 6.29. The fraction of sp³-hybridized carbons (Fsp3) is 0.714. The third-order valence-corrected chi connectivity index (χ3v) is 6.29. The highest BCUT2D eigenvalue weighted by Gasteiger charge is 2.38. The normalized spacial score (nSPS) is 28.3. The van der Waals surface area contributed by atoms with Crippen LogP contribution in [0.25, 0.3) is 0 Å². The van der Waals surface area contributed by atoms with Gasteiger partial charge in [0.25, 0.3) is 0 Å². The molecule has 1 unspecified atom stereocenters. The summed E-state index contributed by atoms with van der Waals surface area (Å²) >= 11 is 0. The average molecular weight is 360 g/mol. The Morgan fingerprint density at radius 2 is 1.77 bits per heavy atom. The van der Waals surface area contributed by atoms with Gasteiger partial charge in [0.2, 0.25) is 11.8 Å². The lowest BCUT2D eigenvalue weighted by Gasteiger charge is -2.39. The second kappa shape index (κ2) is 8.28. The van der Waals surface area contributed by atoms with Crippen LogP contribution in [-0.4, -0.2) is 28.9 Å². The van der Waals surface area contributed by atoms with E-state index in [0.717, 1.165) is 44.1 Å². The van der Waals surface area contributed by atoms with Gasteiger partial charge in [-0.1, -0.05) is 26.7 Å². The number of hydrogen-bond acceptors (Lipinski definition) is 2. The van der Waals surface area contributed by atoms with Gasteiger partial charge >= 0.3 is 0 Å². The van der Waals surface area contributed by atoms with E-state index >= 15 is 0 Å². The Morgan fingerprint density at radius 1 is 1.08 bits per heavy atom. The molecular formula is C21H33N3O2. The molecule has 1 aromatic heterocycles. The molecule has 1 atom stereocenters. The lowest BCUT2D eigenvalue weighted by atomic mass is 9.68. The van der Waals surface area contributed by atoms with Gasteiger partial charge in [-0.2, -0.15) is 0 Å². The van der Waals surface area contributed by atoms with Gasteiger partial charge in [0.1, 0.15) is 0 Å². The predicted octanol–water partition coefficient (Wildman–Crippen LogP) is 3.32. The van der Waals surface area contributed by atoms with E-state index in [1.165, 1.54) is 12.8 Å². The Balaban J connectivity index is 1.40. The van der Waals surface area contributed by atoms with E-state index in [1.807, 2.05) is 18.5 Å². The minimum Gasteiger partial charge on any atom is -0.367 e. The van der Waals surface area contributed by atoms with Crippen molar-refractivity contribution < 1.29 is 9.59 Å². The summed E-state index contributed by atoms with van der Waals surface area (Å²) in [6.07, 6.45) is 12.5. The molecule has 2 aliphatic rings.